The minimum absolute atomic E-state index is 0.0196. The highest BCUT2D eigenvalue weighted by molar-refractivity contribution is 7.89. The Hall–Kier alpha value is -4.22. The standard InChI is InChI=1S/C25H21N3O6S/c1-28(13-12-23(29)18-6-3-2-4-7-18)35(33,34)20-9-5-8-19(15-20)24(30)27-22-11-10-17(16-26)14-21(22)25(31)32/h2-4,6-7,9-11,14-15,23,29H,12-13H2,1H3,(H,27,30)(H,31,32). The van der Waals surface area contributed by atoms with Crippen LogP contribution >= 0.6 is 0 Å². The van der Waals surface area contributed by atoms with E-state index in [1.165, 1.54) is 25.2 Å². The first kappa shape index (κ1) is 25.4. The number of aliphatic hydroxyl groups excluding tert-OH is 1. The van der Waals surface area contributed by atoms with E-state index in [9.17, 15) is 28.2 Å². The van der Waals surface area contributed by atoms with Crippen molar-refractivity contribution in [2.24, 2.45) is 0 Å². The van der Waals surface area contributed by atoms with Crippen LogP contribution in [-0.4, -0.2) is 48.4 Å². The minimum Gasteiger partial charge on any atom is -0.478 e. The highest BCUT2D eigenvalue weighted by atomic mass is 32.2. The second kappa shape index (κ2) is 10.8. The maximum Gasteiger partial charge on any atom is 0.337 e. The highest BCUT2D eigenvalue weighted by Crippen LogP contribution is 2.21. The second-order valence-corrected chi connectivity index (χ2v) is 9.59. The van der Waals surface area contributed by atoms with Gasteiger partial charge in [-0.15, -0.1) is 0 Å². The van der Waals surface area contributed by atoms with Gasteiger partial charge < -0.3 is 15.5 Å². The number of carboxylic acid groups (broad SMARTS) is 1. The third-order valence-corrected chi connectivity index (χ3v) is 7.02. The second-order valence-electron chi connectivity index (χ2n) is 7.55. The largest absolute Gasteiger partial charge is 0.478 e. The van der Waals surface area contributed by atoms with Crippen molar-refractivity contribution in [3.05, 3.63) is 95.1 Å². The Kier molecular flexibility index (Phi) is 7.84. The molecule has 178 valence electrons. The Morgan fingerprint density at radius 2 is 1.89 bits per heavy atom. The summed E-state index contributed by atoms with van der Waals surface area (Å²) in [6.07, 6.45) is -0.686. The van der Waals surface area contributed by atoms with Crippen LogP contribution in [0.5, 0.6) is 0 Å². The molecule has 0 aliphatic rings. The summed E-state index contributed by atoms with van der Waals surface area (Å²) in [5.74, 6) is -2.14. The first-order valence-electron chi connectivity index (χ1n) is 10.3. The van der Waals surface area contributed by atoms with Crippen molar-refractivity contribution in [3.8, 4) is 6.07 Å². The number of carbonyl (C=O) groups excluding carboxylic acids is 1. The van der Waals surface area contributed by atoms with Crippen molar-refractivity contribution >= 4 is 27.6 Å². The average Bonchev–Trinajstić information content (AvgIpc) is 2.87. The summed E-state index contributed by atoms with van der Waals surface area (Å²) >= 11 is 0. The van der Waals surface area contributed by atoms with E-state index < -0.39 is 28.0 Å². The van der Waals surface area contributed by atoms with E-state index in [1.807, 2.05) is 12.1 Å². The van der Waals surface area contributed by atoms with Crippen molar-refractivity contribution in [1.82, 2.24) is 4.31 Å². The fraction of sp³-hybridized carbons (Fsp3) is 0.160. The van der Waals surface area contributed by atoms with Gasteiger partial charge in [0.05, 0.1) is 39.4 Å². The summed E-state index contributed by atoms with van der Waals surface area (Å²) < 4.78 is 27.1. The molecule has 0 radical (unpaired) electrons. The number of sulfonamides is 1. The third kappa shape index (κ3) is 6.02. The number of nitriles is 1. The zero-order valence-corrected chi connectivity index (χ0v) is 19.4. The van der Waals surface area contributed by atoms with Crippen LogP contribution in [0.25, 0.3) is 0 Å². The molecule has 0 heterocycles. The molecule has 0 fully saturated rings. The van der Waals surface area contributed by atoms with Gasteiger partial charge in [0.25, 0.3) is 5.91 Å². The number of amides is 1. The minimum atomic E-state index is -4.02. The molecule has 3 aromatic carbocycles. The van der Waals surface area contributed by atoms with Crippen LogP contribution in [0.1, 0.15) is 44.4 Å². The molecule has 0 aromatic heterocycles. The van der Waals surface area contributed by atoms with Crippen LogP contribution in [0.4, 0.5) is 5.69 Å². The molecule has 0 saturated carbocycles. The summed E-state index contributed by atoms with van der Waals surface area (Å²) in [6, 6.07) is 21.7. The summed E-state index contributed by atoms with van der Waals surface area (Å²) in [5.41, 5.74) is 0.249. The molecule has 3 rings (SSSR count). The molecule has 1 amide bonds. The monoisotopic (exact) mass is 491 g/mol. The number of anilines is 1. The lowest BCUT2D eigenvalue weighted by atomic mass is 10.1. The first-order chi connectivity index (χ1) is 16.6. The number of carbonyl (C=O) groups is 2. The Morgan fingerprint density at radius 3 is 2.54 bits per heavy atom. The molecule has 0 aliphatic carbocycles. The molecule has 10 heteroatoms. The van der Waals surface area contributed by atoms with Gasteiger partial charge in [-0.2, -0.15) is 5.26 Å². The molecule has 0 bridgehead atoms. The van der Waals surface area contributed by atoms with Crippen molar-refractivity contribution in [2.75, 3.05) is 18.9 Å². The zero-order chi connectivity index (χ0) is 25.6. The van der Waals surface area contributed by atoms with E-state index in [0.29, 0.717) is 5.56 Å². The number of rotatable bonds is 9. The van der Waals surface area contributed by atoms with E-state index >= 15 is 0 Å². The first-order valence-corrected chi connectivity index (χ1v) is 11.8. The number of aliphatic hydroxyl groups is 1. The van der Waals surface area contributed by atoms with E-state index in [0.717, 1.165) is 16.4 Å². The number of benzene rings is 2. The van der Waals surface area contributed by atoms with Gasteiger partial charge in [-0.1, -0.05) is 42.5 Å². The normalized spacial score (nSPS) is 11.8. The van der Waals surface area contributed by atoms with E-state index in [4.69, 9.17) is 5.26 Å². The van der Waals surface area contributed by atoms with Gasteiger partial charge in [-0.25, -0.2) is 17.5 Å². The zero-order valence-electron chi connectivity index (χ0n) is 18.6. The van der Waals surface area contributed by atoms with Crippen LogP contribution in [0, 0.1) is 23.5 Å². The van der Waals surface area contributed by atoms with Gasteiger partial charge in [0.1, 0.15) is 0 Å². The van der Waals surface area contributed by atoms with E-state index in [1.54, 1.807) is 24.3 Å². The number of hydrogen-bond donors (Lipinski definition) is 3. The number of nitrogens with one attached hydrogen (secondary N) is 1. The smallest absolute Gasteiger partial charge is 0.337 e. The summed E-state index contributed by atoms with van der Waals surface area (Å²) in [4.78, 5) is 24.0. The Bertz CT molecular complexity index is 1380. The third-order valence-electron chi connectivity index (χ3n) is 5.19. The van der Waals surface area contributed by atoms with Crippen molar-refractivity contribution in [3.63, 3.8) is 0 Å². The lowest BCUT2D eigenvalue weighted by Gasteiger charge is -2.19. The van der Waals surface area contributed by atoms with Gasteiger partial charge >= 0.3 is 5.97 Å². The van der Waals surface area contributed by atoms with Gasteiger partial charge in [0, 0.05) is 19.7 Å². The van der Waals surface area contributed by atoms with Gasteiger partial charge in [0.2, 0.25) is 10.0 Å². The Labute approximate surface area is 202 Å². The lowest BCUT2D eigenvalue weighted by molar-refractivity contribution is 0.0698. The van der Waals surface area contributed by atoms with E-state index in [2.05, 4.69) is 17.4 Å². The molecule has 35 heavy (non-hydrogen) atoms. The molecule has 1 unspecified atom stereocenters. The van der Waals surface area contributed by atoms with Crippen LogP contribution in [0.15, 0.2) is 65.6 Å². The summed E-state index contributed by atoms with van der Waals surface area (Å²) in [7, 11) is -2.66. The molecule has 0 spiro atoms. The number of aromatic carboxylic acids is 1. The molecular formula is C25H21N3O6S. The quantitative estimate of drug-likeness (QED) is 0.417. The number of carboxylic acids is 1. The predicted octanol–water partition coefficient (Wildman–Crippen LogP) is 2.85. The fourth-order valence-electron chi connectivity index (χ4n) is 3.21. The lowest BCUT2D eigenvalue weighted by Crippen LogP contribution is -2.29. The molecular weight excluding hydrogens is 470 g/mol. The average molecular weight is 492 g/mol. The van der Waals surface area contributed by atoms with Gasteiger partial charge in [-0.05, 0) is 36.2 Å². The maximum absolute atomic E-state index is 13.0. The molecule has 0 aliphatic heterocycles. The van der Waals surface area contributed by atoms with Crippen LogP contribution in [0.2, 0.25) is 0 Å². The summed E-state index contributed by atoms with van der Waals surface area (Å²) in [6.45, 7) is 0.0196. The van der Waals surface area contributed by atoms with Crippen LogP contribution in [-0.2, 0) is 10.0 Å². The van der Waals surface area contributed by atoms with Crippen LogP contribution < -0.4 is 5.32 Å². The number of hydrogen-bond acceptors (Lipinski definition) is 6. The SMILES string of the molecule is CN(CCC(O)c1ccccc1)S(=O)(=O)c1cc#cc(C(=O)Nc2ccc(C#N)cc2C(=O)O)c1. The molecule has 1 atom stereocenters. The van der Waals surface area contributed by atoms with E-state index in [-0.39, 0.29) is 40.2 Å². The molecule has 3 aromatic rings. The maximum atomic E-state index is 13.0. The predicted molar refractivity (Wildman–Crippen MR) is 126 cm³/mol. The van der Waals surface area contributed by atoms with Crippen molar-refractivity contribution < 1.29 is 28.2 Å². The van der Waals surface area contributed by atoms with Gasteiger partial charge in [-0.3, -0.25) is 4.79 Å². The highest BCUT2D eigenvalue weighted by Gasteiger charge is 2.23. The topological polar surface area (TPSA) is 148 Å². The Morgan fingerprint density at radius 1 is 1.17 bits per heavy atom. The molecule has 9 nitrogen and oxygen atoms in total. The van der Waals surface area contributed by atoms with Crippen LogP contribution in [0.3, 0.4) is 0 Å². The Balaban J connectivity index is 1.76. The van der Waals surface area contributed by atoms with Crippen molar-refractivity contribution in [1.29, 1.82) is 5.26 Å². The summed E-state index contributed by atoms with van der Waals surface area (Å²) in [5, 5.41) is 31.0. The van der Waals surface area contributed by atoms with Crippen molar-refractivity contribution in [2.45, 2.75) is 17.4 Å². The van der Waals surface area contributed by atoms with Gasteiger partial charge in [0.15, 0.2) is 0 Å². The molecule has 3 N–H and O–H groups in total. The number of nitrogens with zero attached hydrogens (tertiary/aromatic N) is 2. The molecule has 0 saturated heterocycles. The fourth-order valence-corrected chi connectivity index (χ4v) is 4.39.